The number of hydrogen-bond donors (Lipinski definition) is 0. The van der Waals surface area contributed by atoms with E-state index in [1.807, 2.05) is 0 Å². The number of hydrogen-bond acceptors (Lipinski definition) is 4. The topological polar surface area (TPSA) is 52.4 Å². The quantitative estimate of drug-likeness (QED) is 0.552. The first-order chi connectivity index (χ1) is 9.79. The van der Waals surface area contributed by atoms with E-state index >= 15 is 0 Å². The molecule has 9 heteroatoms. The summed E-state index contributed by atoms with van der Waals surface area (Å²) in [5, 5.41) is 12.7. The van der Waals surface area contributed by atoms with Crippen molar-refractivity contribution in [3.63, 3.8) is 0 Å². The highest BCUT2D eigenvalue weighted by atomic mass is 79.9. The summed E-state index contributed by atoms with van der Waals surface area (Å²) >= 11 is 4.64. The van der Waals surface area contributed by atoms with Gasteiger partial charge in [-0.05, 0) is 39.5 Å². The van der Waals surface area contributed by atoms with Crippen molar-refractivity contribution < 1.29 is 22.8 Å². The van der Waals surface area contributed by atoms with Crippen LogP contribution in [-0.2, 0) is 12.8 Å². The predicted molar refractivity (Wildman–Crippen MR) is 74.4 cm³/mol. The lowest BCUT2D eigenvalue weighted by Crippen LogP contribution is -2.06. The van der Waals surface area contributed by atoms with Gasteiger partial charge in [0.05, 0.1) is 15.4 Å². The fraction of sp³-hybridized carbons (Fsp3) is 0.167. The molecule has 2 rings (SSSR count). The molecule has 0 N–H and O–H groups in total. The average Bonchev–Trinajstić information content (AvgIpc) is 2.80. The Morgan fingerprint density at radius 1 is 1.33 bits per heavy atom. The number of thiophene rings is 1. The zero-order valence-corrected chi connectivity index (χ0v) is 12.6. The number of halogens is 4. The lowest BCUT2D eigenvalue weighted by Gasteiger charge is -2.09. The smallest absolute Gasteiger partial charge is 0.416 e. The number of nitro groups is 1. The zero-order chi connectivity index (χ0) is 15.6. The summed E-state index contributed by atoms with van der Waals surface area (Å²) in [5.74, 6) is -0.201. The predicted octanol–water partition coefficient (Wildman–Crippen LogP) is 5.02. The van der Waals surface area contributed by atoms with Gasteiger partial charge in [0.1, 0.15) is 6.61 Å². The van der Waals surface area contributed by atoms with Gasteiger partial charge in [-0.3, -0.25) is 10.1 Å². The van der Waals surface area contributed by atoms with Crippen molar-refractivity contribution in [2.45, 2.75) is 12.8 Å². The van der Waals surface area contributed by atoms with Gasteiger partial charge >= 0.3 is 11.9 Å². The summed E-state index contributed by atoms with van der Waals surface area (Å²) in [5.41, 5.74) is -1.80. The first-order valence-electron chi connectivity index (χ1n) is 5.49. The largest absolute Gasteiger partial charge is 0.481 e. The summed E-state index contributed by atoms with van der Waals surface area (Å²) in [6.45, 7) is 0.0322. The fourth-order valence-corrected chi connectivity index (χ4v) is 2.91. The monoisotopic (exact) mass is 381 g/mol. The van der Waals surface area contributed by atoms with Crippen molar-refractivity contribution in [2.75, 3.05) is 0 Å². The number of nitrogens with zero attached hydrogens (tertiary/aromatic N) is 1. The third-order valence-electron chi connectivity index (χ3n) is 2.53. The molecule has 0 saturated heterocycles. The van der Waals surface area contributed by atoms with Crippen molar-refractivity contribution in [3.05, 3.63) is 54.7 Å². The zero-order valence-electron chi connectivity index (χ0n) is 10.2. The van der Waals surface area contributed by atoms with Gasteiger partial charge in [-0.15, -0.1) is 11.3 Å². The van der Waals surface area contributed by atoms with Gasteiger partial charge in [-0.1, -0.05) is 0 Å². The molecule has 0 aliphatic heterocycles. The van der Waals surface area contributed by atoms with Crippen LogP contribution in [0.2, 0.25) is 0 Å². The van der Waals surface area contributed by atoms with E-state index in [9.17, 15) is 23.3 Å². The highest BCUT2D eigenvalue weighted by Crippen LogP contribution is 2.36. The molecule has 1 heterocycles. The number of benzene rings is 1. The Morgan fingerprint density at radius 3 is 2.57 bits per heavy atom. The van der Waals surface area contributed by atoms with Crippen LogP contribution in [0.1, 0.15) is 10.4 Å². The molecular weight excluding hydrogens is 375 g/mol. The van der Waals surface area contributed by atoms with Crippen molar-refractivity contribution in [3.8, 4) is 5.75 Å². The summed E-state index contributed by atoms with van der Waals surface area (Å²) in [4.78, 5) is 10.8. The molecule has 0 aliphatic rings. The number of alkyl halides is 3. The number of ether oxygens (including phenoxy) is 1. The summed E-state index contributed by atoms with van der Waals surface area (Å²) in [6.07, 6.45) is -4.64. The summed E-state index contributed by atoms with van der Waals surface area (Å²) < 4.78 is 43.7. The Bertz CT molecular complexity index is 672. The molecule has 112 valence electrons. The standard InChI is InChI=1S/C12H7BrF3NO3S/c13-8-3-4-21-11(8)6-20-10-2-1-7(12(14,15)16)5-9(10)17(18)19/h1-5H,6H2. The van der Waals surface area contributed by atoms with Gasteiger partial charge in [0.15, 0.2) is 5.75 Å². The normalized spacial score (nSPS) is 11.4. The van der Waals surface area contributed by atoms with E-state index in [0.717, 1.165) is 21.5 Å². The minimum Gasteiger partial charge on any atom is -0.481 e. The van der Waals surface area contributed by atoms with Crippen molar-refractivity contribution >= 4 is 33.0 Å². The lowest BCUT2D eigenvalue weighted by atomic mass is 10.2. The van der Waals surface area contributed by atoms with Crippen LogP contribution in [0.3, 0.4) is 0 Å². The molecule has 0 saturated carbocycles. The van der Waals surface area contributed by atoms with Crippen LogP contribution in [0, 0.1) is 10.1 Å². The lowest BCUT2D eigenvalue weighted by molar-refractivity contribution is -0.386. The molecule has 0 aliphatic carbocycles. The summed E-state index contributed by atoms with van der Waals surface area (Å²) in [7, 11) is 0. The second-order valence-electron chi connectivity index (χ2n) is 3.92. The Labute approximate surface area is 129 Å². The maximum atomic E-state index is 12.6. The molecular formula is C12H7BrF3NO3S. The molecule has 1 aromatic heterocycles. The van der Waals surface area contributed by atoms with E-state index in [1.54, 1.807) is 11.4 Å². The second kappa shape index (κ2) is 6.02. The van der Waals surface area contributed by atoms with Crippen molar-refractivity contribution in [1.29, 1.82) is 0 Å². The maximum Gasteiger partial charge on any atom is 0.416 e. The van der Waals surface area contributed by atoms with Crippen molar-refractivity contribution in [2.24, 2.45) is 0 Å². The highest BCUT2D eigenvalue weighted by molar-refractivity contribution is 9.10. The second-order valence-corrected chi connectivity index (χ2v) is 5.77. The van der Waals surface area contributed by atoms with Crippen molar-refractivity contribution in [1.82, 2.24) is 0 Å². The van der Waals surface area contributed by atoms with Crippen LogP contribution in [0.15, 0.2) is 34.1 Å². The fourth-order valence-electron chi connectivity index (χ4n) is 1.53. The average molecular weight is 382 g/mol. The van der Waals surface area contributed by atoms with Gasteiger partial charge in [0, 0.05) is 10.5 Å². The van der Waals surface area contributed by atoms with Crippen LogP contribution >= 0.6 is 27.3 Å². The van der Waals surface area contributed by atoms with E-state index in [-0.39, 0.29) is 12.4 Å². The van der Waals surface area contributed by atoms with Crippen LogP contribution in [0.5, 0.6) is 5.75 Å². The number of rotatable bonds is 4. The molecule has 0 fully saturated rings. The Balaban J connectivity index is 2.27. The molecule has 2 aromatic rings. The van der Waals surface area contributed by atoms with E-state index in [2.05, 4.69) is 15.9 Å². The molecule has 0 unspecified atom stereocenters. The minimum atomic E-state index is -4.64. The van der Waals surface area contributed by atoms with E-state index < -0.39 is 22.4 Å². The van der Waals surface area contributed by atoms with Gasteiger partial charge < -0.3 is 4.74 Å². The van der Waals surface area contributed by atoms with E-state index in [1.165, 1.54) is 11.3 Å². The Kier molecular flexibility index (Phi) is 4.52. The van der Waals surface area contributed by atoms with Crippen LogP contribution in [0.4, 0.5) is 18.9 Å². The number of nitro benzene ring substituents is 1. The van der Waals surface area contributed by atoms with Gasteiger partial charge in [-0.2, -0.15) is 13.2 Å². The molecule has 4 nitrogen and oxygen atoms in total. The molecule has 1 aromatic carbocycles. The van der Waals surface area contributed by atoms with Gasteiger partial charge in [-0.25, -0.2) is 0 Å². The van der Waals surface area contributed by atoms with Gasteiger partial charge in [0.2, 0.25) is 0 Å². The Morgan fingerprint density at radius 2 is 2.05 bits per heavy atom. The maximum absolute atomic E-state index is 12.6. The molecule has 0 radical (unpaired) electrons. The SMILES string of the molecule is O=[N+]([O-])c1cc(C(F)(F)F)ccc1OCc1sccc1Br. The first kappa shape index (κ1) is 15.8. The molecule has 0 bridgehead atoms. The first-order valence-corrected chi connectivity index (χ1v) is 7.16. The molecule has 0 spiro atoms. The van der Waals surface area contributed by atoms with Crippen LogP contribution in [-0.4, -0.2) is 4.92 Å². The highest BCUT2D eigenvalue weighted by Gasteiger charge is 2.33. The van der Waals surface area contributed by atoms with Crippen LogP contribution < -0.4 is 4.74 Å². The van der Waals surface area contributed by atoms with E-state index in [0.29, 0.717) is 6.07 Å². The third-order valence-corrected chi connectivity index (χ3v) is 4.43. The Hall–Kier alpha value is -1.61. The molecule has 21 heavy (non-hydrogen) atoms. The van der Waals surface area contributed by atoms with Crippen LogP contribution in [0.25, 0.3) is 0 Å². The molecule has 0 atom stereocenters. The summed E-state index contributed by atoms with van der Waals surface area (Å²) in [6, 6.07) is 3.97. The minimum absolute atomic E-state index is 0.0322. The van der Waals surface area contributed by atoms with E-state index in [4.69, 9.17) is 4.74 Å². The van der Waals surface area contributed by atoms with Gasteiger partial charge in [0.25, 0.3) is 0 Å². The third kappa shape index (κ3) is 3.73. The molecule has 0 amide bonds.